The van der Waals surface area contributed by atoms with Crippen LogP contribution in [0.25, 0.3) is 0 Å². The lowest BCUT2D eigenvalue weighted by Crippen LogP contribution is -2.21. The third kappa shape index (κ3) is 5.54. The molecule has 1 amide bonds. The quantitative estimate of drug-likeness (QED) is 0.436. The predicted molar refractivity (Wildman–Crippen MR) is 111 cm³/mol. The van der Waals surface area contributed by atoms with Gasteiger partial charge >= 0.3 is 6.18 Å². The van der Waals surface area contributed by atoms with Gasteiger partial charge in [-0.05, 0) is 30.2 Å². The molecule has 1 unspecified atom stereocenters. The van der Waals surface area contributed by atoms with Crippen molar-refractivity contribution in [1.82, 2.24) is 15.2 Å². The highest BCUT2D eigenvalue weighted by Gasteiger charge is 2.35. The summed E-state index contributed by atoms with van der Waals surface area (Å²) in [6.07, 6.45) is -3.09. The highest BCUT2D eigenvalue weighted by Crippen LogP contribution is 2.39. The van der Waals surface area contributed by atoms with Gasteiger partial charge in [-0.15, -0.1) is 5.10 Å². The molecule has 0 aliphatic carbocycles. The number of aryl methyl sites for hydroxylation is 1. The van der Waals surface area contributed by atoms with Gasteiger partial charge in [0.05, 0.1) is 11.3 Å². The zero-order chi connectivity index (χ0) is 21.7. The number of anilines is 1. The number of thioether (sulfide) groups is 1. The molecule has 1 atom stereocenters. The number of H-pyrrole nitrogens is 1. The highest BCUT2D eigenvalue weighted by atomic mass is 35.5. The Morgan fingerprint density at radius 3 is 2.63 bits per heavy atom. The maximum Gasteiger partial charge on any atom is 0.418 e. The smallest absolute Gasteiger partial charge is 0.324 e. The number of hydrogen-bond donors (Lipinski definition) is 2. The normalized spacial score (nSPS) is 12.6. The number of nitrogens with zero attached hydrogens (tertiary/aromatic N) is 2. The molecule has 0 spiro atoms. The molecule has 0 bridgehead atoms. The third-order valence-electron chi connectivity index (χ3n) is 4.11. The van der Waals surface area contributed by atoms with E-state index in [1.54, 1.807) is 30.3 Å². The van der Waals surface area contributed by atoms with Gasteiger partial charge in [-0.2, -0.15) is 13.2 Å². The van der Waals surface area contributed by atoms with Crippen molar-refractivity contribution in [2.24, 2.45) is 0 Å². The fourth-order valence-electron chi connectivity index (χ4n) is 2.74. The van der Waals surface area contributed by atoms with E-state index >= 15 is 0 Å². The maximum absolute atomic E-state index is 13.4. The fourth-order valence-corrected chi connectivity index (χ4v) is 3.85. The van der Waals surface area contributed by atoms with E-state index in [1.165, 1.54) is 6.07 Å². The van der Waals surface area contributed by atoms with E-state index in [2.05, 4.69) is 20.5 Å². The molecule has 0 aliphatic heterocycles. The Labute approximate surface area is 180 Å². The molecule has 158 valence electrons. The first-order valence-electron chi connectivity index (χ1n) is 9.08. The summed E-state index contributed by atoms with van der Waals surface area (Å²) in [7, 11) is 0. The second-order valence-electron chi connectivity index (χ2n) is 6.40. The average molecular weight is 455 g/mol. The largest absolute Gasteiger partial charge is 0.418 e. The Hall–Kier alpha value is -2.52. The van der Waals surface area contributed by atoms with Crippen molar-refractivity contribution in [3.63, 3.8) is 0 Å². The van der Waals surface area contributed by atoms with Crippen LogP contribution < -0.4 is 5.32 Å². The van der Waals surface area contributed by atoms with E-state index in [0.717, 1.165) is 30.3 Å². The van der Waals surface area contributed by atoms with Crippen LogP contribution in [0.4, 0.5) is 18.9 Å². The van der Waals surface area contributed by atoms with Gasteiger partial charge < -0.3 is 5.32 Å². The summed E-state index contributed by atoms with van der Waals surface area (Å²) in [5, 5.41) is 8.73. The van der Waals surface area contributed by atoms with E-state index in [1.807, 2.05) is 6.92 Å². The second-order valence-corrected chi connectivity index (χ2v) is 7.91. The number of rotatable bonds is 7. The summed E-state index contributed by atoms with van der Waals surface area (Å²) < 4.78 is 40.2. The summed E-state index contributed by atoms with van der Waals surface area (Å²) in [6.45, 7) is 2.00. The first-order chi connectivity index (χ1) is 14.3. The van der Waals surface area contributed by atoms with Gasteiger partial charge in [0.2, 0.25) is 11.1 Å². The first kappa shape index (κ1) is 22.2. The molecule has 3 aromatic rings. The zero-order valence-electron chi connectivity index (χ0n) is 15.8. The van der Waals surface area contributed by atoms with Crippen molar-refractivity contribution in [2.75, 3.05) is 5.32 Å². The molecule has 10 heteroatoms. The first-order valence-corrected chi connectivity index (χ1v) is 10.3. The molecule has 30 heavy (non-hydrogen) atoms. The van der Waals surface area contributed by atoms with Crippen molar-refractivity contribution < 1.29 is 18.0 Å². The van der Waals surface area contributed by atoms with Crippen LogP contribution in [0.3, 0.4) is 0 Å². The summed E-state index contributed by atoms with van der Waals surface area (Å²) >= 11 is 6.78. The molecule has 2 N–H and O–H groups in total. The van der Waals surface area contributed by atoms with Crippen LogP contribution in [0.2, 0.25) is 5.02 Å². The Balaban J connectivity index is 1.90. The van der Waals surface area contributed by atoms with Crippen LogP contribution >= 0.6 is 23.4 Å². The number of halogens is 4. The van der Waals surface area contributed by atoms with E-state index in [-0.39, 0.29) is 10.7 Å². The molecule has 5 nitrogen and oxygen atoms in total. The van der Waals surface area contributed by atoms with Crippen LogP contribution in [0.1, 0.15) is 35.5 Å². The van der Waals surface area contributed by atoms with Gasteiger partial charge in [-0.1, -0.05) is 60.6 Å². The van der Waals surface area contributed by atoms with E-state index in [0.29, 0.717) is 23.0 Å². The average Bonchev–Trinajstić information content (AvgIpc) is 3.15. The summed E-state index contributed by atoms with van der Waals surface area (Å²) in [4.78, 5) is 17.4. The van der Waals surface area contributed by atoms with Gasteiger partial charge in [0.25, 0.3) is 0 Å². The second kappa shape index (κ2) is 9.53. The van der Waals surface area contributed by atoms with E-state index in [4.69, 9.17) is 11.6 Å². The number of benzene rings is 2. The number of aromatic nitrogens is 3. The minimum Gasteiger partial charge on any atom is -0.324 e. The standard InChI is InChI=1S/C20H18ClF3N4OS/c1-2-6-16-26-19(28-27-16)30-17(12-7-4-3-5-8-12)18(29)25-15-10-9-13(21)11-14(15)20(22,23)24/h3-5,7-11,17H,2,6H2,1H3,(H,25,29)(H,26,27,28). The fraction of sp³-hybridized carbons (Fsp3) is 0.250. The monoisotopic (exact) mass is 454 g/mol. The maximum atomic E-state index is 13.4. The molecule has 0 fully saturated rings. The van der Waals surface area contributed by atoms with Crippen molar-refractivity contribution in [3.05, 3.63) is 70.5 Å². The molecular formula is C20H18ClF3N4OS. The van der Waals surface area contributed by atoms with Crippen LogP contribution in [-0.2, 0) is 17.4 Å². The Morgan fingerprint density at radius 2 is 1.97 bits per heavy atom. The molecule has 0 aliphatic rings. The van der Waals surface area contributed by atoms with Gasteiger partial charge in [0.15, 0.2) is 0 Å². The zero-order valence-corrected chi connectivity index (χ0v) is 17.4. The number of nitrogens with one attached hydrogen (secondary N) is 2. The van der Waals surface area contributed by atoms with Gasteiger partial charge in [-0.25, -0.2) is 4.98 Å². The number of alkyl halides is 3. The van der Waals surface area contributed by atoms with Gasteiger partial charge in [0.1, 0.15) is 11.1 Å². The van der Waals surface area contributed by atoms with Gasteiger partial charge in [-0.3, -0.25) is 9.89 Å². The van der Waals surface area contributed by atoms with Crippen LogP contribution in [0.15, 0.2) is 53.7 Å². The van der Waals surface area contributed by atoms with E-state index < -0.39 is 22.9 Å². The third-order valence-corrected chi connectivity index (χ3v) is 5.46. The lowest BCUT2D eigenvalue weighted by atomic mass is 10.1. The molecule has 0 radical (unpaired) electrons. The minimum atomic E-state index is -4.66. The van der Waals surface area contributed by atoms with Crippen molar-refractivity contribution in [2.45, 2.75) is 36.3 Å². The summed E-state index contributed by atoms with van der Waals surface area (Å²) in [5.41, 5.74) is -0.757. The minimum absolute atomic E-state index is 0.0708. The number of hydrogen-bond acceptors (Lipinski definition) is 4. The summed E-state index contributed by atoms with van der Waals surface area (Å²) in [5.74, 6) is 0.0603. The SMILES string of the molecule is CCCc1nc(SC(C(=O)Nc2ccc(Cl)cc2C(F)(F)F)c2ccccc2)n[nH]1. The lowest BCUT2D eigenvalue weighted by Gasteiger charge is -2.18. The highest BCUT2D eigenvalue weighted by molar-refractivity contribution is 8.00. The Morgan fingerprint density at radius 1 is 1.23 bits per heavy atom. The molecule has 2 aromatic carbocycles. The van der Waals surface area contributed by atoms with Crippen molar-refractivity contribution in [1.29, 1.82) is 0 Å². The molecule has 3 rings (SSSR count). The number of carbonyl (C=O) groups excluding carboxylic acids is 1. The van der Waals surface area contributed by atoms with Crippen molar-refractivity contribution >= 4 is 35.0 Å². The van der Waals surface area contributed by atoms with E-state index in [9.17, 15) is 18.0 Å². The Kier molecular flexibility index (Phi) is 7.04. The van der Waals surface area contributed by atoms with Crippen LogP contribution in [-0.4, -0.2) is 21.1 Å². The molecular weight excluding hydrogens is 437 g/mol. The number of aromatic amines is 1. The molecule has 0 saturated carbocycles. The molecule has 0 saturated heterocycles. The molecule has 1 heterocycles. The molecule has 1 aromatic heterocycles. The lowest BCUT2D eigenvalue weighted by molar-refractivity contribution is -0.137. The van der Waals surface area contributed by atoms with Crippen molar-refractivity contribution in [3.8, 4) is 0 Å². The number of amides is 1. The number of carbonyl (C=O) groups is 1. The topological polar surface area (TPSA) is 70.7 Å². The van der Waals surface area contributed by atoms with Crippen LogP contribution in [0.5, 0.6) is 0 Å². The van der Waals surface area contributed by atoms with Crippen LogP contribution in [0, 0.1) is 0 Å². The Bertz CT molecular complexity index is 1010. The van der Waals surface area contributed by atoms with Gasteiger partial charge in [0, 0.05) is 11.4 Å². The predicted octanol–water partition coefficient (Wildman–Crippen LogP) is 5.90. The summed E-state index contributed by atoms with van der Waals surface area (Å²) in [6, 6.07) is 12.0.